The first-order valence-electron chi connectivity index (χ1n) is 8.83. The van der Waals surface area contributed by atoms with E-state index in [-0.39, 0.29) is 11.9 Å². The summed E-state index contributed by atoms with van der Waals surface area (Å²) in [6, 6.07) is 6.74. The summed E-state index contributed by atoms with van der Waals surface area (Å²) in [5, 5.41) is 5.06. The van der Waals surface area contributed by atoms with E-state index in [0.29, 0.717) is 28.1 Å². The molecule has 0 fully saturated rings. The molecule has 0 aliphatic carbocycles. The Bertz CT molecular complexity index is 1320. The molecule has 1 atom stereocenters. The second-order valence-electron chi connectivity index (χ2n) is 6.70. The molecule has 28 heavy (non-hydrogen) atoms. The molecular weight excluding hydrogens is 357 g/mol. The van der Waals surface area contributed by atoms with Crippen molar-refractivity contribution in [2.24, 2.45) is 7.05 Å². The lowest BCUT2D eigenvalue weighted by atomic mass is 10.0. The fourth-order valence-electron chi connectivity index (χ4n) is 3.37. The number of pyridine rings is 1. The minimum Gasteiger partial charge on any atom is -0.306 e. The Kier molecular flexibility index (Phi) is 3.65. The van der Waals surface area contributed by atoms with Gasteiger partial charge in [0, 0.05) is 42.0 Å². The van der Waals surface area contributed by atoms with E-state index in [4.69, 9.17) is 4.98 Å². The molecule has 4 heterocycles. The van der Waals surface area contributed by atoms with Crippen molar-refractivity contribution >= 4 is 22.2 Å². The molecule has 0 bridgehead atoms. The van der Waals surface area contributed by atoms with Crippen LogP contribution < -0.4 is 0 Å². The Labute approximate surface area is 159 Å². The zero-order valence-electron chi connectivity index (χ0n) is 15.3. The van der Waals surface area contributed by atoms with Crippen LogP contribution in [0.3, 0.4) is 0 Å². The number of rotatable bonds is 3. The van der Waals surface area contributed by atoms with Crippen molar-refractivity contribution in [1.29, 1.82) is 0 Å². The summed E-state index contributed by atoms with van der Waals surface area (Å²) in [6.07, 6.45) is 8.58. The molecule has 0 aliphatic rings. The smallest absolute Gasteiger partial charge is 0.197 e. The number of halogens is 1. The van der Waals surface area contributed by atoms with Gasteiger partial charge in [0.1, 0.15) is 5.82 Å². The molecule has 0 unspecified atom stereocenters. The topological polar surface area (TPSA) is 74.3 Å². The van der Waals surface area contributed by atoms with Gasteiger partial charge in [0.15, 0.2) is 11.3 Å². The Hall–Kier alpha value is -3.68. The third kappa shape index (κ3) is 2.61. The first-order chi connectivity index (χ1) is 13.6. The zero-order chi connectivity index (χ0) is 19.3. The van der Waals surface area contributed by atoms with Crippen molar-refractivity contribution in [2.45, 2.75) is 13.0 Å². The van der Waals surface area contributed by atoms with Gasteiger partial charge in [-0.25, -0.2) is 19.3 Å². The molecule has 7 nitrogen and oxygen atoms in total. The number of benzene rings is 1. The number of hydrogen-bond donors (Lipinski definition) is 0. The highest BCUT2D eigenvalue weighted by Gasteiger charge is 2.18. The summed E-state index contributed by atoms with van der Waals surface area (Å²) in [7, 11) is 1.85. The van der Waals surface area contributed by atoms with E-state index in [2.05, 4.69) is 20.1 Å². The Balaban J connectivity index is 1.63. The second kappa shape index (κ2) is 6.19. The van der Waals surface area contributed by atoms with Gasteiger partial charge in [-0.3, -0.25) is 9.67 Å². The Morgan fingerprint density at radius 2 is 2.00 bits per heavy atom. The van der Waals surface area contributed by atoms with Crippen LogP contribution in [-0.4, -0.2) is 34.3 Å². The number of aromatic nitrogens is 7. The van der Waals surface area contributed by atoms with Crippen LogP contribution in [0.1, 0.15) is 18.5 Å². The van der Waals surface area contributed by atoms with Crippen molar-refractivity contribution in [3.8, 4) is 11.3 Å². The Morgan fingerprint density at radius 1 is 1.11 bits per heavy atom. The van der Waals surface area contributed by atoms with Gasteiger partial charge < -0.3 is 4.57 Å². The lowest BCUT2D eigenvalue weighted by molar-refractivity contribution is 0.564. The molecule has 0 amide bonds. The molecule has 0 radical (unpaired) electrons. The SMILES string of the molecule is C[C@H](c1cc2cccnc2cc1F)n1cnc2ncc(-c3cnn(C)c3)nc21. The predicted molar refractivity (Wildman–Crippen MR) is 103 cm³/mol. The van der Waals surface area contributed by atoms with Crippen LogP contribution in [0.2, 0.25) is 0 Å². The molecule has 0 N–H and O–H groups in total. The molecule has 0 saturated heterocycles. The summed E-state index contributed by atoms with van der Waals surface area (Å²) in [5.41, 5.74) is 3.85. The van der Waals surface area contributed by atoms with Crippen molar-refractivity contribution in [2.75, 3.05) is 0 Å². The Morgan fingerprint density at radius 3 is 2.82 bits per heavy atom. The van der Waals surface area contributed by atoms with Crippen LogP contribution in [0.4, 0.5) is 4.39 Å². The molecule has 0 aliphatic heterocycles. The average Bonchev–Trinajstić information content (AvgIpc) is 3.32. The second-order valence-corrected chi connectivity index (χ2v) is 6.70. The van der Waals surface area contributed by atoms with Crippen LogP contribution >= 0.6 is 0 Å². The standard InChI is InChI=1S/C20H16FN7/c1-12(15-6-13-4-3-5-22-17(13)7-16(15)21)28-11-24-19-20(28)26-18(9-23-19)14-8-25-27(2)10-14/h3-12H,1-2H3/t12-/m1/s1. The summed E-state index contributed by atoms with van der Waals surface area (Å²) in [5.74, 6) is -0.308. The van der Waals surface area contributed by atoms with Gasteiger partial charge in [-0.1, -0.05) is 6.07 Å². The summed E-state index contributed by atoms with van der Waals surface area (Å²) in [6.45, 7) is 1.92. The van der Waals surface area contributed by atoms with E-state index < -0.39 is 0 Å². The molecule has 0 spiro atoms. The maximum atomic E-state index is 14.8. The molecular formula is C20H16FN7. The third-order valence-corrected chi connectivity index (χ3v) is 4.87. The lowest BCUT2D eigenvalue weighted by Crippen LogP contribution is -2.09. The molecule has 1 aromatic carbocycles. The van der Waals surface area contributed by atoms with Crippen molar-refractivity contribution in [3.63, 3.8) is 0 Å². The zero-order valence-corrected chi connectivity index (χ0v) is 15.3. The van der Waals surface area contributed by atoms with Gasteiger partial charge in [-0.15, -0.1) is 0 Å². The number of hydrogen-bond acceptors (Lipinski definition) is 5. The van der Waals surface area contributed by atoms with Crippen LogP contribution in [-0.2, 0) is 7.05 Å². The van der Waals surface area contributed by atoms with Crippen molar-refractivity contribution < 1.29 is 4.39 Å². The van der Waals surface area contributed by atoms with Gasteiger partial charge in [0.2, 0.25) is 0 Å². The minimum atomic E-state index is -0.312. The van der Waals surface area contributed by atoms with Crippen LogP contribution in [0.15, 0.2) is 55.4 Å². The summed E-state index contributed by atoms with van der Waals surface area (Å²) < 4.78 is 18.3. The number of fused-ring (bicyclic) bond motifs is 2. The van der Waals surface area contributed by atoms with E-state index in [1.165, 1.54) is 6.07 Å². The van der Waals surface area contributed by atoms with Gasteiger partial charge in [0.25, 0.3) is 0 Å². The highest BCUT2D eigenvalue weighted by atomic mass is 19.1. The number of aryl methyl sites for hydroxylation is 1. The van der Waals surface area contributed by atoms with Crippen LogP contribution in [0.25, 0.3) is 33.5 Å². The summed E-state index contributed by atoms with van der Waals surface area (Å²) in [4.78, 5) is 17.7. The summed E-state index contributed by atoms with van der Waals surface area (Å²) >= 11 is 0. The highest BCUT2D eigenvalue weighted by molar-refractivity contribution is 5.79. The molecule has 5 rings (SSSR count). The molecule has 4 aromatic heterocycles. The maximum absolute atomic E-state index is 14.8. The molecule has 5 aromatic rings. The van der Waals surface area contributed by atoms with Gasteiger partial charge in [0.05, 0.1) is 36.0 Å². The molecule has 8 heteroatoms. The van der Waals surface area contributed by atoms with E-state index in [1.807, 2.05) is 42.9 Å². The monoisotopic (exact) mass is 373 g/mol. The lowest BCUT2D eigenvalue weighted by Gasteiger charge is -2.16. The van der Waals surface area contributed by atoms with Gasteiger partial charge >= 0.3 is 0 Å². The van der Waals surface area contributed by atoms with E-state index in [1.54, 1.807) is 29.6 Å². The van der Waals surface area contributed by atoms with Gasteiger partial charge in [-0.2, -0.15) is 5.10 Å². The quantitative estimate of drug-likeness (QED) is 0.484. The minimum absolute atomic E-state index is 0.308. The van der Waals surface area contributed by atoms with E-state index in [0.717, 1.165) is 10.9 Å². The largest absolute Gasteiger partial charge is 0.306 e. The normalized spacial score (nSPS) is 12.7. The first kappa shape index (κ1) is 16.5. The van der Waals surface area contributed by atoms with E-state index in [9.17, 15) is 4.39 Å². The van der Waals surface area contributed by atoms with E-state index >= 15 is 0 Å². The fourth-order valence-corrected chi connectivity index (χ4v) is 3.37. The highest BCUT2D eigenvalue weighted by Crippen LogP contribution is 2.28. The molecule has 138 valence electrons. The average molecular weight is 373 g/mol. The third-order valence-electron chi connectivity index (χ3n) is 4.87. The van der Waals surface area contributed by atoms with Crippen molar-refractivity contribution in [1.82, 2.24) is 34.3 Å². The first-order valence-corrected chi connectivity index (χ1v) is 8.83. The number of imidazole rings is 1. The maximum Gasteiger partial charge on any atom is 0.197 e. The van der Waals surface area contributed by atoms with Crippen LogP contribution in [0, 0.1) is 5.82 Å². The van der Waals surface area contributed by atoms with Crippen LogP contribution in [0.5, 0.6) is 0 Å². The number of nitrogens with zero attached hydrogens (tertiary/aromatic N) is 7. The fraction of sp³-hybridized carbons (Fsp3) is 0.150. The van der Waals surface area contributed by atoms with Crippen molar-refractivity contribution in [3.05, 3.63) is 66.8 Å². The predicted octanol–water partition coefficient (Wildman–Crippen LogP) is 3.52. The molecule has 0 saturated carbocycles. The van der Waals surface area contributed by atoms with Gasteiger partial charge in [-0.05, 0) is 19.1 Å².